The number of ether oxygens (including phenoxy) is 1. The fourth-order valence-electron chi connectivity index (χ4n) is 5.01. The maximum absolute atomic E-state index is 13.7. The first kappa shape index (κ1) is 27.5. The van der Waals surface area contributed by atoms with Crippen molar-refractivity contribution in [3.05, 3.63) is 71.2 Å². The van der Waals surface area contributed by atoms with E-state index in [1.807, 2.05) is 48.7 Å². The summed E-state index contributed by atoms with van der Waals surface area (Å²) in [7, 11) is 0. The Morgan fingerprint density at radius 2 is 1.85 bits per heavy atom. The van der Waals surface area contributed by atoms with Crippen LogP contribution in [0.4, 0.5) is 8.78 Å². The average molecular weight is 546 g/mol. The van der Waals surface area contributed by atoms with Crippen LogP contribution in [0, 0.1) is 11.3 Å². The number of morpholine rings is 1. The van der Waals surface area contributed by atoms with Crippen molar-refractivity contribution in [3.63, 3.8) is 0 Å². The number of hydrogen-bond acceptors (Lipinski definition) is 7. The molecule has 0 saturated carbocycles. The van der Waals surface area contributed by atoms with E-state index < -0.39 is 30.8 Å². The van der Waals surface area contributed by atoms with Gasteiger partial charge in [-0.1, -0.05) is 24.3 Å². The number of fused-ring (bicyclic) bond motifs is 1. The molecule has 2 aliphatic heterocycles. The van der Waals surface area contributed by atoms with Crippen LogP contribution in [0.25, 0.3) is 23.1 Å². The molecule has 0 spiro atoms. The van der Waals surface area contributed by atoms with Crippen molar-refractivity contribution in [3.8, 4) is 6.07 Å². The average Bonchev–Trinajstić information content (AvgIpc) is 3.30. The number of nitrogens with zero attached hydrogens (tertiary/aromatic N) is 5. The number of halogens is 2. The van der Waals surface area contributed by atoms with E-state index in [1.54, 1.807) is 12.1 Å². The number of nitriles is 1. The highest BCUT2D eigenvalue weighted by atomic mass is 19.3. The van der Waals surface area contributed by atoms with E-state index in [0.717, 1.165) is 54.6 Å². The van der Waals surface area contributed by atoms with Crippen molar-refractivity contribution >= 4 is 34.7 Å². The number of pyridine rings is 2. The summed E-state index contributed by atoms with van der Waals surface area (Å²) in [5.74, 6) is -4.00. The number of carbonyl (C=O) groups excluding carboxylic acids is 2. The highest BCUT2D eigenvalue weighted by molar-refractivity contribution is 6.08. The number of hydrogen-bond donors (Lipinski definition) is 0. The molecule has 5 rings (SSSR count). The van der Waals surface area contributed by atoms with Gasteiger partial charge in [0.2, 0.25) is 5.91 Å². The maximum atomic E-state index is 13.7. The molecule has 2 aromatic heterocycles. The van der Waals surface area contributed by atoms with Gasteiger partial charge in [0, 0.05) is 62.2 Å². The van der Waals surface area contributed by atoms with Crippen LogP contribution in [0.15, 0.2) is 48.8 Å². The molecule has 10 heteroatoms. The summed E-state index contributed by atoms with van der Waals surface area (Å²) in [5.41, 5.74) is 3.84. The van der Waals surface area contributed by atoms with Crippen LogP contribution >= 0.6 is 0 Å². The molecule has 2 aliphatic rings. The molecule has 0 radical (unpaired) electrons. The van der Waals surface area contributed by atoms with Crippen molar-refractivity contribution < 1.29 is 23.1 Å². The Bertz CT molecular complexity index is 1460. The molecule has 40 heavy (non-hydrogen) atoms. The molecule has 1 atom stereocenters. The maximum Gasteiger partial charge on any atom is 0.268 e. The van der Waals surface area contributed by atoms with Crippen LogP contribution in [0.2, 0.25) is 0 Å². The molecule has 4 heterocycles. The van der Waals surface area contributed by atoms with E-state index in [-0.39, 0.29) is 18.6 Å². The topological polar surface area (TPSA) is 99.4 Å². The van der Waals surface area contributed by atoms with E-state index in [4.69, 9.17) is 10.00 Å². The van der Waals surface area contributed by atoms with Gasteiger partial charge in [-0.3, -0.25) is 24.5 Å². The summed E-state index contributed by atoms with van der Waals surface area (Å²) in [6.07, 6.45) is 6.16. The zero-order valence-corrected chi connectivity index (χ0v) is 21.9. The van der Waals surface area contributed by atoms with Gasteiger partial charge in [0.05, 0.1) is 37.0 Å². The van der Waals surface area contributed by atoms with Crippen LogP contribution in [0.3, 0.4) is 0 Å². The Hall–Kier alpha value is -4.07. The molecule has 0 aliphatic carbocycles. The third-order valence-electron chi connectivity index (χ3n) is 7.18. The number of amides is 1. The number of alkyl halides is 2. The second kappa shape index (κ2) is 12.0. The normalized spacial score (nSPS) is 19.2. The minimum atomic E-state index is -3.09. The minimum absolute atomic E-state index is 0.152. The van der Waals surface area contributed by atoms with Crippen LogP contribution in [-0.4, -0.2) is 76.3 Å². The zero-order valence-electron chi connectivity index (χ0n) is 21.9. The van der Waals surface area contributed by atoms with Gasteiger partial charge in [0.1, 0.15) is 6.04 Å². The van der Waals surface area contributed by atoms with Gasteiger partial charge in [-0.2, -0.15) is 5.26 Å². The SMILES string of the molecule is N#C[C@@H]1CC(F)(F)CN1C(=O)CCC(=O)c1ccnc2ccc(/C=C/c3ccc(CN4CCOCC4)nc3)cc12. The summed E-state index contributed by atoms with van der Waals surface area (Å²) >= 11 is 0. The third-order valence-corrected chi connectivity index (χ3v) is 7.18. The van der Waals surface area contributed by atoms with Crippen molar-refractivity contribution in [2.75, 3.05) is 32.8 Å². The molecule has 2 saturated heterocycles. The predicted molar refractivity (Wildman–Crippen MR) is 145 cm³/mol. The summed E-state index contributed by atoms with van der Waals surface area (Å²) < 4.78 is 32.8. The number of benzene rings is 1. The van der Waals surface area contributed by atoms with Crippen LogP contribution in [-0.2, 0) is 16.1 Å². The monoisotopic (exact) mass is 545 g/mol. The number of ketones is 1. The van der Waals surface area contributed by atoms with Crippen LogP contribution in [0.1, 0.15) is 46.4 Å². The summed E-state index contributed by atoms with van der Waals surface area (Å²) in [4.78, 5) is 37.7. The Kier molecular flexibility index (Phi) is 8.24. The van der Waals surface area contributed by atoms with Crippen molar-refractivity contribution in [2.45, 2.75) is 37.8 Å². The lowest BCUT2D eigenvalue weighted by molar-refractivity contribution is -0.132. The lowest BCUT2D eigenvalue weighted by atomic mass is 10.00. The smallest absolute Gasteiger partial charge is 0.268 e. The zero-order chi connectivity index (χ0) is 28.1. The van der Waals surface area contributed by atoms with Crippen molar-refractivity contribution in [1.29, 1.82) is 5.26 Å². The Morgan fingerprint density at radius 1 is 1.07 bits per heavy atom. The van der Waals surface area contributed by atoms with Gasteiger partial charge in [-0.15, -0.1) is 0 Å². The molecule has 3 aromatic rings. The van der Waals surface area contributed by atoms with Gasteiger partial charge < -0.3 is 9.64 Å². The molecular weight excluding hydrogens is 516 g/mol. The summed E-state index contributed by atoms with van der Waals surface area (Å²) in [6, 6.07) is 11.8. The molecule has 1 amide bonds. The Morgan fingerprint density at radius 3 is 2.60 bits per heavy atom. The van der Waals surface area contributed by atoms with E-state index in [1.165, 1.54) is 6.20 Å². The molecule has 0 N–H and O–H groups in total. The number of carbonyl (C=O) groups is 2. The summed E-state index contributed by atoms with van der Waals surface area (Å²) in [5, 5.41) is 9.78. The van der Waals surface area contributed by atoms with Gasteiger partial charge in [-0.25, -0.2) is 8.78 Å². The number of Topliss-reactive ketones (excluding diaryl/α,β-unsaturated/α-hetero) is 1. The Balaban J connectivity index is 1.25. The van der Waals surface area contributed by atoms with Gasteiger partial charge in [0.15, 0.2) is 5.78 Å². The van der Waals surface area contributed by atoms with E-state index >= 15 is 0 Å². The molecule has 1 aromatic carbocycles. The third kappa shape index (κ3) is 6.55. The number of rotatable bonds is 8. The minimum Gasteiger partial charge on any atom is -0.379 e. The first-order valence-electron chi connectivity index (χ1n) is 13.2. The molecule has 206 valence electrons. The lowest BCUT2D eigenvalue weighted by Crippen LogP contribution is -2.36. The van der Waals surface area contributed by atoms with Crippen LogP contribution in [0.5, 0.6) is 0 Å². The first-order valence-corrected chi connectivity index (χ1v) is 13.2. The van der Waals surface area contributed by atoms with E-state index in [0.29, 0.717) is 16.5 Å². The van der Waals surface area contributed by atoms with E-state index in [2.05, 4.69) is 14.9 Å². The van der Waals surface area contributed by atoms with Crippen molar-refractivity contribution in [2.24, 2.45) is 0 Å². The predicted octanol–water partition coefficient (Wildman–Crippen LogP) is 4.36. The van der Waals surface area contributed by atoms with Gasteiger partial charge >= 0.3 is 0 Å². The molecule has 0 bridgehead atoms. The standard InChI is InChI=1S/C30H29F2N5O3/c31-30(32)16-24(17-33)37(20-30)29(39)8-7-28(38)25-9-10-34-27-6-4-21(15-26(25)27)1-2-22-3-5-23(35-18-22)19-36-11-13-40-14-12-36/h1-6,9-10,15,18,24H,7-8,11-14,16,19-20H2/b2-1+/t24-/m0/s1. The fraction of sp³-hybridized carbons (Fsp3) is 0.367. The first-order chi connectivity index (χ1) is 19.3. The Labute approximate surface area is 230 Å². The van der Waals surface area contributed by atoms with Gasteiger partial charge in [0.25, 0.3) is 5.92 Å². The van der Waals surface area contributed by atoms with Crippen LogP contribution < -0.4 is 0 Å². The highest BCUT2D eigenvalue weighted by Crippen LogP contribution is 2.32. The molecule has 8 nitrogen and oxygen atoms in total. The highest BCUT2D eigenvalue weighted by Gasteiger charge is 2.47. The lowest BCUT2D eigenvalue weighted by Gasteiger charge is -2.26. The molecular formula is C30H29F2N5O3. The molecule has 0 unspecified atom stereocenters. The van der Waals surface area contributed by atoms with E-state index in [9.17, 15) is 18.4 Å². The van der Waals surface area contributed by atoms with Crippen molar-refractivity contribution in [1.82, 2.24) is 19.8 Å². The fourth-order valence-corrected chi connectivity index (χ4v) is 5.01. The van der Waals surface area contributed by atoms with Gasteiger partial charge in [-0.05, 0) is 35.4 Å². The number of aromatic nitrogens is 2. The molecule has 2 fully saturated rings. The number of likely N-dealkylation sites (tertiary alicyclic amines) is 1. The summed E-state index contributed by atoms with van der Waals surface area (Å²) in [6.45, 7) is 3.29. The largest absolute Gasteiger partial charge is 0.379 e. The quantitative estimate of drug-likeness (QED) is 0.388. The second-order valence-electron chi connectivity index (χ2n) is 10.1. The second-order valence-corrected chi connectivity index (χ2v) is 10.1.